The number of rotatable bonds is 5. The van der Waals surface area contributed by atoms with E-state index in [0.29, 0.717) is 16.9 Å². The fourth-order valence-corrected chi connectivity index (χ4v) is 3.27. The van der Waals surface area contributed by atoms with Gasteiger partial charge in [0.05, 0.1) is 15.5 Å². The molecule has 1 amide bonds. The molecule has 9 heteroatoms. The number of aryl methyl sites for hydroxylation is 1. The van der Waals surface area contributed by atoms with Gasteiger partial charge in [-0.1, -0.05) is 6.07 Å². The second kappa shape index (κ2) is 8.03. The molecule has 0 spiro atoms. The first-order chi connectivity index (χ1) is 13.4. The van der Waals surface area contributed by atoms with Crippen LogP contribution in [0, 0.1) is 27.2 Å². The number of nitrogens with zero attached hydrogens (tertiary/aromatic N) is 3. The van der Waals surface area contributed by atoms with E-state index in [9.17, 15) is 25.0 Å². The van der Waals surface area contributed by atoms with Gasteiger partial charge in [-0.25, -0.2) is 0 Å². The molecule has 0 radical (unpaired) electrons. The monoisotopic (exact) mass is 384 g/mol. The van der Waals surface area contributed by atoms with Crippen molar-refractivity contribution in [2.45, 2.75) is 26.2 Å². The zero-order valence-corrected chi connectivity index (χ0v) is 15.4. The maximum Gasteiger partial charge on any atom is 0.293 e. The molecule has 0 aromatic heterocycles. The summed E-state index contributed by atoms with van der Waals surface area (Å²) >= 11 is 0. The van der Waals surface area contributed by atoms with Gasteiger partial charge in [0.1, 0.15) is 5.69 Å². The normalized spacial score (nSPS) is 13.8. The van der Waals surface area contributed by atoms with Crippen LogP contribution in [0.15, 0.2) is 36.4 Å². The van der Waals surface area contributed by atoms with E-state index in [2.05, 4.69) is 5.32 Å². The lowest BCUT2D eigenvalue weighted by Gasteiger charge is -2.28. The van der Waals surface area contributed by atoms with Crippen LogP contribution in [0.1, 0.15) is 35.2 Å². The van der Waals surface area contributed by atoms with Crippen molar-refractivity contribution in [3.05, 3.63) is 67.8 Å². The lowest BCUT2D eigenvalue weighted by atomic mass is 10.1. The molecule has 1 N–H and O–H groups in total. The van der Waals surface area contributed by atoms with Gasteiger partial charge in [0, 0.05) is 36.9 Å². The van der Waals surface area contributed by atoms with Gasteiger partial charge in [-0.05, 0) is 43.9 Å². The highest BCUT2D eigenvalue weighted by Gasteiger charge is 2.23. The molecule has 1 saturated heterocycles. The van der Waals surface area contributed by atoms with Gasteiger partial charge in [0.15, 0.2) is 0 Å². The Hall–Kier alpha value is -3.49. The molecule has 9 nitrogen and oxygen atoms in total. The third kappa shape index (κ3) is 4.08. The molecule has 0 saturated carbocycles. The maximum atomic E-state index is 12.6. The van der Waals surface area contributed by atoms with Gasteiger partial charge in [0.25, 0.3) is 17.3 Å². The van der Waals surface area contributed by atoms with E-state index in [1.54, 1.807) is 19.1 Å². The summed E-state index contributed by atoms with van der Waals surface area (Å²) in [5.74, 6) is -0.558. The van der Waals surface area contributed by atoms with Crippen LogP contribution < -0.4 is 10.2 Å². The number of nitro groups is 2. The number of nitrogens with one attached hydrogen (secondary N) is 1. The molecular weight excluding hydrogens is 364 g/mol. The summed E-state index contributed by atoms with van der Waals surface area (Å²) in [7, 11) is 0. The molecule has 0 unspecified atom stereocenters. The largest absolute Gasteiger partial charge is 0.366 e. The first-order valence-corrected chi connectivity index (χ1v) is 8.96. The number of hydrogen-bond donors (Lipinski definition) is 1. The van der Waals surface area contributed by atoms with Gasteiger partial charge in [0.2, 0.25) is 0 Å². The minimum absolute atomic E-state index is 0.120. The predicted octanol–water partition coefficient (Wildman–Crippen LogP) is 4.05. The third-order valence-electron chi connectivity index (χ3n) is 4.81. The zero-order chi connectivity index (χ0) is 20.3. The first-order valence-electron chi connectivity index (χ1n) is 8.96. The van der Waals surface area contributed by atoms with Crippen LogP contribution in [0.4, 0.5) is 22.7 Å². The summed E-state index contributed by atoms with van der Waals surface area (Å²) in [6, 6.07) is 8.55. The van der Waals surface area contributed by atoms with Gasteiger partial charge in [-0.3, -0.25) is 25.0 Å². The van der Waals surface area contributed by atoms with Gasteiger partial charge < -0.3 is 10.2 Å². The minimum atomic E-state index is -0.558. The highest BCUT2D eigenvalue weighted by Crippen LogP contribution is 2.32. The maximum absolute atomic E-state index is 12.6. The second-order valence-corrected chi connectivity index (χ2v) is 6.72. The molecular formula is C19H20N4O5. The average molecular weight is 384 g/mol. The predicted molar refractivity (Wildman–Crippen MR) is 105 cm³/mol. The lowest BCUT2D eigenvalue weighted by molar-refractivity contribution is -0.384. The molecule has 0 atom stereocenters. The summed E-state index contributed by atoms with van der Waals surface area (Å²) in [6.07, 6.45) is 3.06. The Morgan fingerprint density at radius 1 is 1.00 bits per heavy atom. The van der Waals surface area contributed by atoms with Crippen LogP contribution in [0.3, 0.4) is 0 Å². The van der Waals surface area contributed by atoms with Crippen molar-refractivity contribution in [2.24, 2.45) is 0 Å². The third-order valence-corrected chi connectivity index (χ3v) is 4.81. The van der Waals surface area contributed by atoms with Crippen LogP contribution >= 0.6 is 0 Å². The molecule has 1 aliphatic rings. The number of benzene rings is 2. The highest BCUT2D eigenvalue weighted by molar-refractivity contribution is 6.05. The number of piperidine rings is 1. The van der Waals surface area contributed by atoms with Crippen molar-refractivity contribution in [2.75, 3.05) is 23.3 Å². The van der Waals surface area contributed by atoms with Crippen molar-refractivity contribution < 1.29 is 14.6 Å². The van der Waals surface area contributed by atoms with Crippen molar-refractivity contribution in [1.82, 2.24) is 0 Å². The molecule has 3 rings (SSSR count). The van der Waals surface area contributed by atoms with Crippen LogP contribution in [0.25, 0.3) is 0 Å². The quantitative estimate of drug-likeness (QED) is 0.613. The van der Waals surface area contributed by atoms with Crippen molar-refractivity contribution in [3.8, 4) is 0 Å². The van der Waals surface area contributed by atoms with Gasteiger partial charge in [-0.2, -0.15) is 0 Å². The number of hydrogen-bond acceptors (Lipinski definition) is 6. The topological polar surface area (TPSA) is 119 Å². The number of anilines is 2. The Balaban J connectivity index is 1.88. The summed E-state index contributed by atoms with van der Waals surface area (Å²) < 4.78 is 0. The zero-order valence-electron chi connectivity index (χ0n) is 15.4. The van der Waals surface area contributed by atoms with Crippen LogP contribution in [-0.4, -0.2) is 28.8 Å². The van der Waals surface area contributed by atoms with Crippen molar-refractivity contribution in [3.63, 3.8) is 0 Å². The van der Waals surface area contributed by atoms with Crippen molar-refractivity contribution in [1.29, 1.82) is 0 Å². The van der Waals surface area contributed by atoms with E-state index in [4.69, 9.17) is 0 Å². The molecule has 1 aliphatic heterocycles. The Bertz CT molecular complexity index is 938. The Morgan fingerprint density at radius 3 is 2.36 bits per heavy atom. The molecule has 1 heterocycles. The fraction of sp³-hybridized carbons (Fsp3) is 0.316. The summed E-state index contributed by atoms with van der Waals surface area (Å²) in [6.45, 7) is 3.21. The molecule has 146 valence electrons. The van der Waals surface area contributed by atoms with E-state index in [-0.39, 0.29) is 16.9 Å². The number of nitro benzene ring substituents is 2. The molecule has 0 aliphatic carbocycles. The smallest absolute Gasteiger partial charge is 0.293 e. The number of carbonyl (C=O) groups is 1. The van der Waals surface area contributed by atoms with Crippen LogP contribution in [-0.2, 0) is 0 Å². The Labute approximate surface area is 161 Å². The number of non-ortho nitro benzene ring substituents is 1. The van der Waals surface area contributed by atoms with E-state index in [1.807, 2.05) is 4.90 Å². The van der Waals surface area contributed by atoms with E-state index >= 15 is 0 Å². The first kappa shape index (κ1) is 19.3. The fourth-order valence-electron chi connectivity index (χ4n) is 3.27. The summed E-state index contributed by atoms with van der Waals surface area (Å²) in [4.78, 5) is 36.0. The molecule has 28 heavy (non-hydrogen) atoms. The van der Waals surface area contributed by atoms with Gasteiger partial charge in [-0.15, -0.1) is 0 Å². The van der Waals surface area contributed by atoms with Crippen LogP contribution in [0.5, 0.6) is 0 Å². The van der Waals surface area contributed by atoms with Crippen molar-refractivity contribution >= 4 is 28.7 Å². The second-order valence-electron chi connectivity index (χ2n) is 6.72. The van der Waals surface area contributed by atoms with Gasteiger partial charge >= 0.3 is 0 Å². The Kier molecular flexibility index (Phi) is 5.53. The highest BCUT2D eigenvalue weighted by atomic mass is 16.6. The average Bonchev–Trinajstić information content (AvgIpc) is 2.69. The Morgan fingerprint density at radius 2 is 1.71 bits per heavy atom. The minimum Gasteiger partial charge on any atom is -0.366 e. The lowest BCUT2D eigenvalue weighted by Crippen LogP contribution is -2.30. The number of amides is 1. The van der Waals surface area contributed by atoms with E-state index < -0.39 is 15.8 Å². The molecule has 1 fully saturated rings. The summed E-state index contributed by atoms with van der Waals surface area (Å²) in [5.41, 5.74) is 1.31. The SMILES string of the molecule is Cc1ccc([N+](=O)[O-])cc1NC(=O)c1ccc(N2CCCCC2)c([N+](=O)[O-])c1. The van der Waals surface area contributed by atoms with E-state index in [0.717, 1.165) is 32.4 Å². The van der Waals surface area contributed by atoms with E-state index in [1.165, 1.54) is 24.3 Å². The summed E-state index contributed by atoms with van der Waals surface area (Å²) in [5, 5.41) is 25.1. The van der Waals surface area contributed by atoms with Crippen LogP contribution in [0.2, 0.25) is 0 Å². The molecule has 2 aromatic rings. The molecule has 0 bridgehead atoms. The number of carbonyl (C=O) groups excluding carboxylic acids is 1. The standard InChI is InChI=1S/C19H20N4O5/c1-13-5-7-15(22(25)26)12-16(13)20-19(24)14-6-8-17(18(11-14)23(27)28)21-9-3-2-4-10-21/h5-8,11-12H,2-4,9-10H2,1H3,(H,20,24). The molecule has 2 aromatic carbocycles.